The lowest BCUT2D eigenvalue weighted by molar-refractivity contribution is -0.137. The smallest absolute Gasteiger partial charge is 0.417 e. The highest BCUT2D eigenvalue weighted by molar-refractivity contribution is 7.23. The van der Waals surface area contributed by atoms with Crippen molar-refractivity contribution in [3.05, 3.63) is 52.9 Å². The summed E-state index contributed by atoms with van der Waals surface area (Å²) in [6, 6.07) is 4.18. The number of piperidine rings is 1. The number of nitriles is 1. The van der Waals surface area contributed by atoms with E-state index in [0.717, 1.165) is 30.2 Å². The second kappa shape index (κ2) is 11.8. The first-order valence-electron chi connectivity index (χ1n) is 16.7. The number of nitrogens with two attached hydrogens (primary N) is 1. The number of anilines is 2. The van der Waals surface area contributed by atoms with Gasteiger partial charge in [-0.05, 0) is 50.0 Å². The summed E-state index contributed by atoms with van der Waals surface area (Å²) < 4.78 is 122. The van der Waals surface area contributed by atoms with Crippen molar-refractivity contribution in [2.24, 2.45) is 5.41 Å². The van der Waals surface area contributed by atoms with Gasteiger partial charge in [0, 0.05) is 74.4 Å². The van der Waals surface area contributed by atoms with E-state index in [-0.39, 0.29) is 75.6 Å². The molecule has 0 saturated carbocycles. The van der Waals surface area contributed by atoms with Crippen LogP contribution in [0.5, 0.6) is 6.01 Å². The molecule has 48 heavy (non-hydrogen) atoms. The van der Waals surface area contributed by atoms with E-state index in [1.807, 2.05) is 0 Å². The molecule has 3 atom stereocenters. The van der Waals surface area contributed by atoms with Crippen LogP contribution in [0.4, 0.5) is 37.2 Å². The molecule has 4 aromatic rings. The van der Waals surface area contributed by atoms with Crippen molar-refractivity contribution < 1.29 is 35.2 Å². The Bertz CT molecular complexity index is 2120. The number of hydrogen-bond acceptors (Lipinski definition) is 9. The largest absolute Gasteiger partial charge is 0.462 e. The molecule has 5 heterocycles. The number of thiophene rings is 1. The number of rotatable bonds is 5. The first-order valence-corrected chi connectivity index (χ1v) is 16.0. The summed E-state index contributed by atoms with van der Waals surface area (Å²) in [6.45, 7) is -0.599. The molecule has 3 fully saturated rings. The van der Waals surface area contributed by atoms with E-state index < -0.39 is 58.4 Å². The van der Waals surface area contributed by atoms with Crippen LogP contribution in [-0.2, 0) is 6.18 Å². The highest BCUT2D eigenvalue weighted by Crippen LogP contribution is 2.48. The fraction of sp³-hybridized carbons (Fsp3) is 0.424. The fourth-order valence-electron chi connectivity index (χ4n) is 7.18. The summed E-state index contributed by atoms with van der Waals surface area (Å²) in [4.78, 5) is 11.6. The van der Waals surface area contributed by atoms with Gasteiger partial charge in [-0.2, -0.15) is 28.4 Å². The van der Waals surface area contributed by atoms with Crippen LogP contribution in [0, 0.1) is 28.4 Å². The molecule has 252 valence electrons. The molecule has 2 aromatic heterocycles. The maximum atomic E-state index is 17.1. The van der Waals surface area contributed by atoms with Crippen molar-refractivity contribution in [2.75, 3.05) is 50.4 Å². The number of nitrogens with one attached hydrogen (secondary N) is 1. The average molecular weight is 691 g/mol. The maximum absolute atomic E-state index is 17.1. The summed E-state index contributed by atoms with van der Waals surface area (Å²) in [7, 11) is 0. The van der Waals surface area contributed by atoms with Gasteiger partial charge in [0.1, 0.15) is 34.8 Å². The van der Waals surface area contributed by atoms with Crippen molar-refractivity contribution in [3.8, 4) is 23.2 Å². The van der Waals surface area contributed by atoms with Crippen molar-refractivity contribution in [1.29, 1.82) is 5.26 Å². The highest BCUT2D eigenvalue weighted by Gasteiger charge is 2.41. The molecule has 2 aromatic carbocycles. The molecular weight excluding hydrogens is 656 g/mol. The molecule has 2 bridgehead atoms. The SMILES string of the molecule is [2H]C([2H])([2H])N1CC/C(=C\F)[C@](C)(COc2nc(N3C[C@H]4CC[C@@H](C3)N4)c3cc(C(F)(F)F)c(-c4c(F)ccc5sc(N)c(C#N)c45)c(F)c3n2)C1. The van der Waals surface area contributed by atoms with E-state index in [0.29, 0.717) is 25.5 Å². The molecule has 3 aliphatic heterocycles. The van der Waals surface area contributed by atoms with Gasteiger partial charge in [-0.15, -0.1) is 11.3 Å². The summed E-state index contributed by atoms with van der Waals surface area (Å²) >= 11 is 0.854. The first kappa shape index (κ1) is 28.8. The zero-order chi connectivity index (χ0) is 36.6. The lowest BCUT2D eigenvalue weighted by Gasteiger charge is -2.40. The number of fused-ring (bicyclic) bond motifs is 4. The minimum absolute atomic E-state index is 0.00578. The number of benzene rings is 2. The molecule has 3 aliphatic rings. The number of halogens is 6. The standard InChI is InChI=1S/C33H31F6N7OS/c1-32(14-45(2)8-7-16(32)10-34)15-47-31-43-28-19(30(44-31)46-12-17-3-4-18(13-46)42-17)9-21(33(37,38)39)25(27(28)36)26-22(35)5-6-23-24(26)20(11-40)29(41)48-23/h5-6,9-10,17-18,42H,3-4,7-8,12-15,41H2,1-2H3/b16-10+/t17-,18+,32-/m0/s1/i2D3. The van der Waals surface area contributed by atoms with E-state index >= 15 is 8.78 Å². The summed E-state index contributed by atoms with van der Waals surface area (Å²) in [5.41, 5.74) is 0.729. The molecule has 3 saturated heterocycles. The van der Waals surface area contributed by atoms with E-state index in [4.69, 9.17) is 14.6 Å². The van der Waals surface area contributed by atoms with Crippen LogP contribution in [0.25, 0.3) is 32.1 Å². The zero-order valence-electron chi connectivity index (χ0n) is 28.5. The Balaban J connectivity index is 1.44. The lowest BCUT2D eigenvalue weighted by Crippen LogP contribution is -2.51. The number of nitrogens with zero attached hydrogens (tertiary/aromatic N) is 5. The Hall–Kier alpha value is -4.13. The second-order valence-electron chi connectivity index (χ2n) is 12.8. The molecule has 7 rings (SSSR count). The van der Waals surface area contributed by atoms with Gasteiger partial charge < -0.3 is 25.6 Å². The van der Waals surface area contributed by atoms with E-state index in [1.54, 1.807) is 17.9 Å². The fourth-order valence-corrected chi connectivity index (χ4v) is 8.11. The van der Waals surface area contributed by atoms with Crippen LogP contribution >= 0.6 is 11.3 Å². The minimum atomic E-state index is -5.19. The van der Waals surface area contributed by atoms with Crippen molar-refractivity contribution >= 4 is 43.1 Å². The summed E-state index contributed by atoms with van der Waals surface area (Å²) in [5.74, 6) is -2.77. The number of alkyl halides is 3. The van der Waals surface area contributed by atoms with Crippen LogP contribution in [-0.4, -0.2) is 66.7 Å². The van der Waals surface area contributed by atoms with Gasteiger partial charge in [0.05, 0.1) is 17.5 Å². The molecule has 15 heteroatoms. The number of likely N-dealkylation sites (tertiary alicyclic amines) is 1. The summed E-state index contributed by atoms with van der Waals surface area (Å²) in [6.07, 6.45) is -3.08. The van der Waals surface area contributed by atoms with Crippen LogP contribution in [0.1, 0.15) is 41.4 Å². The third-order valence-electron chi connectivity index (χ3n) is 9.52. The Morgan fingerprint density at radius 1 is 1.23 bits per heavy atom. The van der Waals surface area contributed by atoms with E-state index in [1.165, 1.54) is 11.0 Å². The van der Waals surface area contributed by atoms with Gasteiger partial charge >= 0.3 is 12.2 Å². The quantitative estimate of drug-likeness (QED) is 0.221. The van der Waals surface area contributed by atoms with Crippen LogP contribution in [0.3, 0.4) is 0 Å². The number of ether oxygens (including phenoxy) is 1. The maximum Gasteiger partial charge on any atom is 0.417 e. The monoisotopic (exact) mass is 690 g/mol. The average Bonchev–Trinajstić information content (AvgIpc) is 3.58. The molecule has 8 nitrogen and oxygen atoms in total. The molecule has 0 amide bonds. The number of piperazine rings is 1. The minimum Gasteiger partial charge on any atom is -0.462 e. The third kappa shape index (κ3) is 5.39. The summed E-state index contributed by atoms with van der Waals surface area (Å²) in [5, 5.41) is 12.6. The Labute approximate surface area is 280 Å². The van der Waals surface area contributed by atoms with Crippen molar-refractivity contribution in [1.82, 2.24) is 20.2 Å². The molecular formula is C33H31F6N7OS. The Kier molecular flexibility index (Phi) is 7.08. The molecule has 3 N–H and O–H groups in total. The predicted octanol–water partition coefficient (Wildman–Crippen LogP) is 6.78. The van der Waals surface area contributed by atoms with Gasteiger partial charge in [-0.1, -0.05) is 6.92 Å². The van der Waals surface area contributed by atoms with Crippen LogP contribution in [0.2, 0.25) is 0 Å². The highest BCUT2D eigenvalue weighted by atomic mass is 32.1. The molecule has 0 unspecified atom stereocenters. The second-order valence-corrected chi connectivity index (χ2v) is 13.9. The number of nitrogen functional groups attached to an aromatic ring is 1. The van der Waals surface area contributed by atoms with Gasteiger partial charge in [-0.25, -0.2) is 13.2 Å². The third-order valence-corrected chi connectivity index (χ3v) is 10.5. The van der Waals surface area contributed by atoms with E-state index in [2.05, 4.69) is 15.3 Å². The molecule has 0 spiro atoms. The van der Waals surface area contributed by atoms with Crippen LogP contribution < -0.4 is 20.7 Å². The topological polar surface area (TPSA) is 103 Å². The zero-order valence-corrected chi connectivity index (χ0v) is 26.3. The number of hydrogen-bond donors (Lipinski definition) is 2. The van der Waals surface area contributed by atoms with Crippen molar-refractivity contribution in [3.63, 3.8) is 0 Å². The van der Waals surface area contributed by atoms with Crippen LogP contribution in [0.15, 0.2) is 30.1 Å². The van der Waals surface area contributed by atoms with Gasteiger partial charge in [0.2, 0.25) is 0 Å². The van der Waals surface area contributed by atoms with Crippen molar-refractivity contribution in [2.45, 2.75) is 44.4 Å². The normalized spacial score (nSPS) is 25.3. The van der Waals surface area contributed by atoms with E-state index in [9.17, 15) is 22.8 Å². The van der Waals surface area contributed by atoms with Gasteiger partial charge in [-0.3, -0.25) is 0 Å². The predicted molar refractivity (Wildman–Crippen MR) is 171 cm³/mol. The lowest BCUT2D eigenvalue weighted by atomic mass is 9.78. The van der Waals surface area contributed by atoms with Gasteiger partial charge in [0.25, 0.3) is 0 Å². The number of aromatic nitrogens is 2. The van der Waals surface area contributed by atoms with Gasteiger partial charge in [0.15, 0.2) is 5.82 Å². The molecule has 0 radical (unpaired) electrons. The Morgan fingerprint density at radius 2 is 1.98 bits per heavy atom. The first-order chi connectivity index (χ1) is 24.0. The molecule has 0 aliphatic carbocycles. The Morgan fingerprint density at radius 3 is 2.65 bits per heavy atom.